The third kappa shape index (κ3) is 13.0. The number of ether oxygens (including phenoxy) is 2. The SMILES string of the molecule is CCCCCCC[C@H](O)C/C=C/CCC(=O)N(C)C/C(=C\Cl)C/C(=C\C(=O)N1CC(OC)=CC1=O)OC. The maximum absolute atomic E-state index is 12.5. The van der Waals surface area contributed by atoms with Crippen LogP contribution in [-0.2, 0) is 23.9 Å². The average molecular weight is 539 g/mol. The average Bonchev–Trinajstić information content (AvgIpc) is 3.27. The van der Waals surface area contributed by atoms with E-state index in [9.17, 15) is 19.5 Å². The number of amides is 3. The molecule has 208 valence electrons. The largest absolute Gasteiger partial charge is 0.501 e. The molecule has 0 radical (unpaired) electrons. The summed E-state index contributed by atoms with van der Waals surface area (Å²) in [7, 11) is 4.56. The molecule has 0 bridgehead atoms. The molecule has 0 saturated carbocycles. The summed E-state index contributed by atoms with van der Waals surface area (Å²) in [6.45, 7) is 2.53. The van der Waals surface area contributed by atoms with Crippen molar-refractivity contribution < 1.29 is 29.0 Å². The number of allylic oxidation sites excluding steroid dienone is 2. The molecule has 1 aliphatic heterocycles. The Morgan fingerprint density at radius 2 is 1.95 bits per heavy atom. The summed E-state index contributed by atoms with van der Waals surface area (Å²) in [6.07, 6.45) is 14.5. The van der Waals surface area contributed by atoms with Crippen LogP contribution in [-0.4, -0.2) is 73.1 Å². The molecular weight excluding hydrogens is 496 g/mol. The molecule has 0 spiro atoms. The van der Waals surface area contributed by atoms with Crippen molar-refractivity contribution in [3.05, 3.63) is 46.9 Å². The maximum atomic E-state index is 12.5. The van der Waals surface area contributed by atoms with Gasteiger partial charge in [-0.05, 0) is 24.8 Å². The Kier molecular flexibility index (Phi) is 16.3. The summed E-state index contributed by atoms with van der Waals surface area (Å²) >= 11 is 5.99. The van der Waals surface area contributed by atoms with Gasteiger partial charge in [-0.15, -0.1) is 0 Å². The van der Waals surface area contributed by atoms with Crippen molar-refractivity contribution >= 4 is 29.3 Å². The highest BCUT2D eigenvalue weighted by molar-refractivity contribution is 6.25. The Labute approximate surface area is 226 Å². The maximum Gasteiger partial charge on any atom is 0.257 e. The van der Waals surface area contributed by atoms with Gasteiger partial charge in [0.05, 0.1) is 26.9 Å². The highest BCUT2D eigenvalue weighted by Gasteiger charge is 2.27. The summed E-state index contributed by atoms with van der Waals surface area (Å²) in [6, 6.07) is 0. The predicted octanol–water partition coefficient (Wildman–Crippen LogP) is 4.83. The van der Waals surface area contributed by atoms with Gasteiger partial charge in [0.25, 0.3) is 11.8 Å². The van der Waals surface area contributed by atoms with Crippen LogP contribution in [0.25, 0.3) is 0 Å². The molecule has 1 atom stereocenters. The number of carbonyl (C=O) groups is 3. The zero-order valence-corrected chi connectivity index (χ0v) is 23.5. The minimum atomic E-state index is -0.517. The van der Waals surface area contributed by atoms with Crippen molar-refractivity contribution in [2.75, 3.05) is 34.4 Å². The van der Waals surface area contributed by atoms with E-state index in [-0.39, 0.29) is 31.5 Å². The van der Waals surface area contributed by atoms with E-state index >= 15 is 0 Å². The third-order valence-corrected chi connectivity index (χ3v) is 6.41. The number of rotatable bonds is 18. The topological polar surface area (TPSA) is 96.4 Å². The van der Waals surface area contributed by atoms with Gasteiger partial charge in [-0.2, -0.15) is 0 Å². The van der Waals surface area contributed by atoms with Crippen LogP contribution in [0.2, 0.25) is 0 Å². The van der Waals surface area contributed by atoms with Gasteiger partial charge in [-0.3, -0.25) is 19.3 Å². The fourth-order valence-corrected chi connectivity index (χ4v) is 3.96. The molecule has 3 amide bonds. The predicted molar refractivity (Wildman–Crippen MR) is 145 cm³/mol. The molecule has 0 aromatic carbocycles. The van der Waals surface area contributed by atoms with Crippen LogP contribution in [0.3, 0.4) is 0 Å². The summed E-state index contributed by atoms with van der Waals surface area (Å²) in [5.74, 6) is -0.272. The van der Waals surface area contributed by atoms with Crippen LogP contribution in [0, 0.1) is 0 Å². The molecule has 0 aromatic heterocycles. The van der Waals surface area contributed by atoms with Gasteiger partial charge in [0, 0.05) is 44.1 Å². The quantitative estimate of drug-likeness (QED) is 0.116. The molecule has 0 saturated heterocycles. The van der Waals surface area contributed by atoms with Crippen LogP contribution < -0.4 is 0 Å². The Hall–Kier alpha value is -2.58. The number of aliphatic hydroxyl groups excluding tert-OH is 1. The van der Waals surface area contributed by atoms with Gasteiger partial charge < -0.3 is 19.5 Å². The zero-order chi connectivity index (χ0) is 27.6. The number of imide groups is 1. The Balaban J connectivity index is 2.44. The van der Waals surface area contributed by atoms with E-state index in [4.69, 9.17) is 21.1 Å². The number of hydrogen-bond acceptors (Lipinski definition) is 6. The van der Waals surface area contributed by atoms with E-state index < -0.39 is 11.8 Å². The molecule has 1 heterocycles. The Bertz CT molecular complexity index is 865. The number of likely N-dealkylation sites (N-methyl/N-ethyl adjacent to an activating group) is 1. The first-order valence-electron chi connectivity index (χ1n) is 12.9. The normalized spacial score (nSPS) is 15.2. The van der Waals surface area contributed by atoms with Gasteiger partial charge >= 0.3 is 0 Å². The number of nitrogens with zero attached hydrogens (tertiary/aromatic N) is 2. The molecule has 0 aliphatic carbocycles. The summed E-state index contributed by atoms with van der Waals surface area (Å²) in [4.78, 5) is 39.6. The number of aliphatic hydroxyl groups is 1. The molecule has 0 fully saturated rings. The van der Waals surface area contributed by atoms with Crippen molar-refractivity contribution in [2.24, 2.45) is 0 Å². The highest BCUT2D eigenvalue weighted by Crippen LogP contribution is 2.18. The van der Waals surface area contributed by atoms with E-state index in [2.05, 4.69) is 6.92 Å². The minimum absolute atomic E-state index is 0.0444. The zero-order valence-electron chi connectivity index (χ0n) is 22.7. The highest BCUT2D eigenvalue weighted by atomic mass is 35.5. The van der Waals surface area contributed by atoms with Crippen molar-refractivity contribution in [1.29, 1.82) is 0 Å². The number of hydrogen-bond donors (Lipinski definition) is 1. The Morgan fingerprint density at radius 3 is 2.57 bits per heavy atom. The second-order valence-electron chi connectivity index (χ2n) is 9.19. The third-order valence-electron chi connectivity index (χ3n) is 6.10. The lowest BCUT2D eigenvalue weighted by Gasteiger charge is -2.19. The monoisotopic (exact) mass is 538 g/mol. The molecule has 37 heavy (non-hydrogen) atoms. The van der Waals surface area contributed by atoms with E-state index in [0.717, 1.165) is 24.2 Å². The minimum Gasteiger partial charge on any atom is -0.501 e. The van der Waals surface area contributed by atoms with Crippen molar-refractivity contribution in [3.8, 4) is 0 Å². The molecule has 9 heteroatoms. The Morgan fingerprint density at radius 1 is 1.22 bits per heavy atom. The smallest absolute Gasteiger partial charge is 0.257 e. The van der Waals surface area contributed by atoms with Crippen molar-refractivity contribution in [1.82, 2.24) is 9.80 Å². The number of methoxy groups -OCH3 is 2. The summed E-state index contributed by atoms with van der Waals surface area (Å²) in [5.41, 5.74) is 2.05. The van der Waals surface area contributed by atoms with Crippen LogP contribution in [0.4, 0.5) is 0 Å². The lowest BCUT2D eigenvalue weighted by Crippen LogP contribution is -2.32. The first-order chi connectivity index (χ1) is 17.7. The van der Waals surface area contributed by atoms with E-state index in [1.165, 1.54) is 51.2 Å². The standard InChI is InChI=1S/C28H43ClN2O6/c1-5-6-7-8-10-13-23(32)14-11-9-12-15-26(33)30(2)20-22(19-29)16-24(36-3)17-27(34)31-21-25(37-4)18-28(31)35/h9,11,17-19,23,32H,5-8,10,12-16,20-21H2,1-4H3/b11-9+,22-19-,24-17+/t23-/m0/s1. The first-order valence-corrected chi connectivity index (χ1v) is 13.4. The molecule has 0 aromatic rings. The van der Waals surface area contributed by atoms with E-state index in [0.29, 0.717) is 36.4 Å². The second kappa shape index (κ2) is 18.6. The van der Waals surface area contributed by atoms with Gasteiger partial charge in [-0.1, -0.05) is 62.8 Å². The van der Waals surface area contributed by atoms with Crippen LogP contribution in [0.15, 0.2) is 46.9 Å². The fraction of sp³-hybridized carbons (Fsp3) is 0.607. The molecule has 1 rings (SSSR count). The lowest BCUT2D eigenvalue weighted by atomic mass is 10.1. The lowest BCUT2D eigenvalue weighted by molar-refractivity contribution is -0.137. The van der Waals surface area contributed by atoms with Gasteiger partial charge in [-0.25, -0.2) is 0 Å². The fourth-order valence-electron chi connectivity index (χ4n) is 3.82. The summed E-state index contributed by atoms with van der Waals surface area (Å²) in [5, 5.41) is 10.1. The van der Waals surface area contributed by atoms with Gasteiger partial charge in [0.2, 0.25) is 5.91 Å². The molecule has 1 N–H and O–H groups in total. The van der Waals surface area contributed by atoms with Crippen molar-refractivity contribution in [3.63, 3.8) is 0 Å². The van der Waals surface area contributed by atoms with Crippen molar-refractivity contribution in [2.45, 2.75) is 77.2 Å². The molecule has 0 unspecified atom stereocenters. The van der Waals surface area contributed by atoms with Gasteiger partial charge in [0.15, 0.2) is 0 Å². The second-order valence-corrected chi connectivity index (χ2v) is 9.41. The van der Waals surface area contributed by atoms with E-state index in [1.807, 2.05) is 12.2 Å². The van der Waals surface area contributed by atoms with Crippen LogP contribution in [0.5, 0.6) is 0 Å². The van der Waals surface area contributed by atoms with E-state index in [1.54, 1.807) is 11.9 Å². The summed E-state index contributed by atoms with van der Waals surface area (Å²) < 4.78 is 10.4. The van der Waals surface area contributed by atoms with Crippen LogP contribution >= 0.6 is 11.6 Å². The molecule has 1 aliphatic rings. The molecular formula is C28H43ClN2O6. The number of unbranched alkanes of at least 4 members (excludes halogenated alkanes) is 4. The first kappa shape index (κ1) is 32.4. The van der Waals surface area contributed by atoms with Crippen LogP contribution in [0.1, 0.15) is 71.1 Å². The number of halogens is 1. The van der Waals surface area contributed by atoms with Gasteiger partial charge in [0.1, 0.15) is 11.5 Å². The molecule has 8 nitrogen and oxygen atoms in total. The number of carbonyl (C=O) groups excluding carboxylic acids is 3.